The maximum absolute atomic E-state index is 11.5. The lowest BCUT2D eigenvalue weighted by Gasteiger charge is -2.04. The highest BCUT2D eigenvalue weighted by molar-refractivity contribution is 7.99. The Bertz CT molecular complexity index is 694. The molecule has 2 aromatic rings. The van der Waals surface area contributed by atoms with Gasteiger partial charge in [-0.05, 0) is 37.1 Å². The normalized spacial score (nSPS) is 10.1. The van der Waals surface area contributed by atoms with Crippen LogP contribution in [0.25, 0.3) is 0 Å². The van der Waals surface area contributed by atoms with Gasteiger partial charge in [-0.2, -0.15) is 5.26 Å². The molecule has 0 radical (unpaired) electrons. The van der Waals surface area contributed by atoms with Crippen LogP contribution in [-0.4, -0.2) is 29.0 Å². The zero-order valence-corrected chi connectivity index (χ0v) is 13.0. The van der Waals surface area contributed by atoms with Gasteiger partial charge in [-0.1, -0.05) is 11.2 Å². The molecule has 0 amide bonds. The third-order valence-corrected chi connectivity index (χ3v) is 4.05. The molecule has 2 rings (SSSR count). The topological polar surface area (TPSA) is 89.0 Å². The van der Waals surface area contributed by atoms with Gasteiger partial charge < -0.3 is 9.15 Å². The van der Waals surface area contributed by atoms with Crippen LogP contribution in [0.2, 0.25) is 0 Å². The Kier molecular flexibility index (Phi) is 5.25. The van der Waals surface area contributed by atoms with Crippen LogP contribution in [0.1, 0.15) is 23.2 Å². The van der Waals surface area contributed by atoms with Gasteiger partial charge in [0.1, 0.15) is 6.07 Å². The minimum absolute atomic E-state index is 0.188. The second-order valence-electron chi connectivity index (χ2n) is 3.64. The van der Waals surface area contributed by atoms with Crippen molar-refractivity contribution in [2.75, 3.05) is 12.9 Å². The van der Waals surface area contributed by atoms with Crippen LogP contribution >= 0.6 is 23.5 Å². The van der Waals surface area contributed by atoms with Crippen molar-refractivity contribution in [3.8, 4) is 6.07 Å². The highest BCUT2D eigenvalue weighted by Crippen LogP contribution is 2.33. The summed E-state index contributed by atoms with van der Waals surface area (Å²) in [7, 11) is 0. The van der Waals surface area contributed by atoms with Crippen LogP contribution in [0.5, 0.6) is 0 Å². The fourth-order valence-corrected chi connectivity index (χ4v) is 2.93. The largest absolute Gasteiger partial charge is 0.459 e. The smallest absolute Gasteiger partial charge is 0.396 e. The Morgan fingerprint density at radius 1 is 1.43 bits per heavy atom. The lowest BCUT2D eigenvalue weighted by Crippen LogP contribution is -2.04. The van der Waals surface area contributed by atoms with Gasteiger partial charge in [0.2, 0.25) is 0 Å². The minimum Gasteiger partial charge on any atom is -0.459 e. The number of carbonyl (C=O) groups is 1. The van der Waals surface area contributed by atoms with Crippen LogP contribution in [0.3, 0.4) is 0 Å². The van der Waals surface area contributed by atoms with Gasteiger partial charge >= 0.3 is 11.9 Å². The first-order valence-corrected chi connectivity index (χ1v) is 7.99. The number of carbonyl (C=O) groups excluding carboxylic acids is 1. The Morgan fingerprint density at radius 2 is 2.19 bits per heavy atom. The molecule has 0 aliphatic carbocycles. The molecule has 1 aromatic carbocycles. The summed E-state index contributed by atoms with van der Waals surface area (Å²) >= 11 is 2.63. The van der Waals surface area contributed by atoms with E-state index >= 15 is 0 Å². The predicted octanol–water partition coefficient (Wildman–Crippen LogP) is 2.99. The van der Waals surface area contributed by atoms with E-state index in [1.54, 1.807) is 13.0 Å². The van der Waals surface area contributed by atoms with Crippen molar-refractivity contribution in [1.29, 1.82) is 5.26 Å². The van der Waals surface area contributed by atoms with Crippen molar-refractivity contribution >= 4 is 29.5 Å². The van der Waals surface area contributed by atoms with Gasteiger partial charge in [-0.25, -0.2) is 4.79 Å². The SMILES string of the molecule is CCOC(=O)c1nnc(Sc2cccc(SC)c2C#N)o1. The Morgan fingerprint density at radius 3 is 2.86 bits per heavy atom. The number of hydrogen-bond acceptors (Lipinski definition) is 8. The number of ether oxygens (including phenoxy) is 1. The van der Waals surface area contributed by atoms with Gasteiger partial charge in [-0.15, -0.1) is 16.9 Å². The third kappa shape index (κ3) is 3.56. The number of nitrogens with zero attached hydrogens (tertiary/aromatic N) is 3. The first kappa shape index (κ1) is 15.4. The van der Waals surface area contributed by atoms with E-state index in [0.717, 1.165) is 16.7 Å². The molecule has 0 N–H and O–H groups in total. The molecule has 0 unspecified atom stereocenters. The molecule has 0 bridgehead atoms. The van der Waals surface area contributed by atoms with E-state index in [1.807, 2.05) is 18.4 Å². The molecule has 0 spiro atoms. The summed E-state index contributed by atoms with van der Waals surface area (Å²) in [5.41, 5.74) is 0.547. The number of esters is 1. The minimum atomic E-state index is -0.657. The second-order valence-corrected chi connectivity index (χ2v) is 5.48. The van der Waals surface area contributed by atoms with Crippen molar-refractivity contribution in [3.05, 3.63) is 29.7 Å². The summed E-state index contributed by atoms with van der Waals surface area (Å²) in [6.45, 7) is 1.93. The Balaban J connectivity index is 2.23. The number of nitriles is 1. The van der Waals surface area contributed by atoms with Crippen LogP contribution in [0, 0.1) is 11.3 Å². The molecule has 1 heterocycles. The fraction of sp³-hybridized carbons (Fsp3) is 0.231. The van der Waals surface area contributed by atoms with Gasteiger partial charge in [0.25, 0.3) is 5.22 Å². The maximum Gasteiger partial charge on any atom is 0.396 e. The van der Waals surface area contributed by atoms with Gasteiger partial charge in [0.05, 0.1) is 12.2 Å². The molecule has 108 valence electrons. The number of thioether (sulfide) groups is 1. The Hall–Kier alpha value is -1.98. The molecule has 0 fully saturated rings. The van der Waals surface area contributed by atoms with E-state index in [1.165, 1.54) is 11.8 Å². The molecule has 0 saturated heterocycles. The van der Waals surface area contributed by atoms with E-state index < -0.39 is 5.97 Å². The molecule has 0 aliphatic heterocycles. The van der Waals surface area contributed by atoms with Gasteiger partial charge in [0, 0.05) is 9.79 Å². The van der Waals surface area contributed by atoms with Crippen LogP contribution < -0.4 is 0 Å². The molecule has 0 saturated carbocycles. The molecule has 0 aliphatic rings. The molecule has 8 heteroatoms. The molecule has 6 nitrogen and oxygen atoms in total. The lowest BCUT2D eigenvalue weighted by atomic mass is 10.2. The average molecular weight is 321 g/mol. The van der Waals surface area contributed by atoms with Crippen LogP contribution in [-0.2, 0) is 4.74 Å². The maximum atomic E-state index is 11.5. The summed E-state index contributed by atoms with van der Waals surface area (Å²) in [5.74, 6) is -0.853. The highest BCUT2D eigenvalue weighted by atomic mass is 32.2. The van der Waals surface area contributed by atoms with Crippen molar-refractivity contribution in [3.63, 3.8) is 0 Å². The molecule has 21 heavy (non-hydrogen) atoms. The third-order valence-electron chi connectivity index (χ3n) is 2.37. The molecular weight excluding hydrogens is 310 g/mol. The van der Waals surface area contributed by atoms with Crippen molar-refractivity contribution in [1.82, 2.24) is 10.2 Å². The molecule has 0 atom stereocenters. The van der Waals surface area contributed by atoms with E-state index in [4.69, 9.17) is 9.15 Å². The summed E-state index contributed by atoms with van der Waals surface area (Å²) in [5, 5.41) is 16.8. The number of aromatic nitrogens is 2. The van der Waals surface area contributed by atoms with Crippen molar-refractivity contribution in [2.24, 2.45) is 0 Å². The van der Waals surface area contributed by atoms with Crippen molar-refractivity contribution in [2.45, 2.75) is 21.9 Å². The number of benzene rings is 1. The monoisotopic (exact) mass is 321 g/mol. The molecular formula is C13H11N3O3S2. The zero-order valence-electron chi connectivity index (χ0n) is 11.3. The second kappa shape index (κ2) is 7.15. The summed E-state index contributed by atoms with van der Waals surface area (Å²) in [4.78, 5) is 13.0. The van der Waals surface area contributed by atoms with E-state index in [9.17, 15) is 10.1 Å². The predicted molar refractivity (Wildman–Crippen MR) is 77.3 cm³/mol. The Labute approximate surface area is 129 Å². The first-order valence-electron chi connectivity index (χ1n) is 5.95. The van der Waals surface area contributed by atoms with Crippen molar-refractivity contribution < 1.29 is 13.9 Å². The summed E-state index contributed by atoms with van der Waals surface area (Å²) in [6.07, 6.45) is 1.90. The van der Waals surface area contributed by atoms with Gasteiger partial charge in [-0.3, -0.25) is 0 Å². The van der Waals surface area contributed by atoms with Gasteiger partial charge in [0.15, 0.2) is 0 Å². The van der Waals surface area contributed by atoms with Crippen LogP contribution in [0.4, 0.5) is 0 Å². The number of rotatable bonds is 5. The molecule has 1 aromatic heterocycles. The average Bonchev–Trinajstić information content (AvgIpc) is 2.96. The first-order chi connectivity index (χ1) is 10.2. The van der Waals surface area contributed by atoms with E-state index in [2.05, 4.69) is 16.3 Å². The highest BCUT2D eigenvalue weighted by Gasteiger charge is 2.18. The quantitative estimate of drug-likeness (QED) is 0.613. The number of hydrogen-bond donors (Lipinski definition) is 0. The summed E-state index contributed by atoms with van der Waals surface area (Å²) in [6, 6.07) is 7.66. The standard InChI is InChI=1S/C13H11N3O3S2/c1-3-18-12(17)11-15-16-13(19-11)21-10-6-4-5-9(20-2)8(10)7-14/h4-6H,3H2,1-2H3. The van der Waals surface area contributed by atoms with E-state index in [0.29, 0.717) is 10.5 Å². The van der Waals surface area contributed by atoms with E-state index in [-0.39, 0.29) is 17.7 Å². The zero-order chi connectivity index (χ0) is 15.2. The summed E-state index contributed by atoms with van der Waals surface area (Å²) < 4.78 is 10.00. The fourth-order valence-electron chi connectivity index (χ4n) is 1.50. The van der Waals surface area contributed by atoms with Crippen LogP contribution in [0.15, 0.2) is 37.6 Å². The lowest BCUT2D eigenvalue weighted by molar-refractivity contribution is 0.0475.